The molecular weight excluding hydrogens is 426 g/mol. The van der Waals surface area contributed by atoms with Crippen LogP contribution >= 0.6 is 15.9 Å². The Hall–Kier alpha value is -2.56. The number of nitrogens with zero attached hydrogens (tertiary/aromatic N) is 2. The van der Waals surface area contributed by atoms with Gasteiger partial charge < -0.3 is 5.32 Å². The van der Waals surface area contributed by atoms with Crippen LogP contribution in [0.2, 0.25) is 0 Å². The fraction of sp³-hybridized carbons (Fsp3) is 0.200. The lowest BCUT2D eigenvalue weighted by Gasteiger charge is -2.16. The second kappa shape index (κ2) is 7.36. The van der Waals surface area contributed by atoms with Gasteiger partial charge in [-0.15, -0.1) is 0 Å². The van der Waals surface area contributed by atoms with E-state index in [2.05, 4.69) is 26.2 Å². The molecule has 0 aliphatic carbocycles. The van der Waals surface area contributed by atoms with Gasteiger partial charge in [-0.05, 0) is 40.5 Å². The fourth-order valence-electron chi connectivity index (χ4n) is 2.09. The number of carbonyl (C=O) groups excluding carboxylic acids is 1. The second-order valence-corrected chi connectivity index (χ2v) is 6.17. The highest BCUT2D eigenvalue weighted by molar-refractivity contribution is 9.10. The molecule has 0 aliphatic rings. The SMILES string of the molecule is C[C@@H](NC(=O)c1cc(Br)cnc1F)c1cc([N+](=O)[O-])cc(C(F)(F)F)c1. The molecule has 6 nitrogen and oxygen atoms in total. The summed E-state index contributed by atoms with van der Waals surface area (Å²) in [4.78, 5) is 25.4. The number of rotatable bonds is 4. The van der Waals surface area contributed by atoms with Crippen molar-refractivity contribution in [2.45, 2.75) is 19.1 Å². The van der Waals surface area contributed by atoms with Crippen LogP contribution in [0.5, 0.6) is 0 Å². The molecule has 1 amide bonds. The molecular formula is C15H10BrF4N3O3. The summed E-state index contributed by atoms with van der Waals surface area (Å²) in [6, 6.07) is 2.10. The van der Waals surface area contributed by atoms with Crippen molar-refractivity contribution in [1.82, 2.24) is 10.3 Å². The molecule has 1 N–H and O–H groups in total. The van der Waals surface area contributed by atoms with E-state index >= 15 is 0 Å². The minimum Gasteiger partial charge on any atom is -0.345 e. The number of hydrogen-bond donors (Lipinski definition) is 1. The standard InChI is InChI=1S/C15H10BrF4N3O3/c1-7(22-14(24)12-5-10(16)6-21-13(12)17)8-2-9(15(18,19)20)4-11(3-8)23(25)26/h2-7H,1H3,(H,22,24)/t7-/m1/s1. The normalized spacial score (nSPS) is 12.5. The van der Waals surface area contributed by atoms with E-state index in [1.807, 2.05) is 0 Å². The molecule has 2 aromatic rings. The van der Waals surface area contributed by atoms with Crippen LogP contribution in [-0.4, -0.2) is 15.8 Å². The van der Waals surface area contributed by atoms with Crippen molar-refractivity contribution in [3.8, 4) is 0 Å². The van der Waals surface area contributed by atoms with E-state index in [-0.39, 0.29) is 5.56 Å². The first-order valence-corrected chi connectivity index (χ1v) is 7.77. The highest BCUT2D eigenvalue weighted by atomic mass is 79.9. The van der Waals surface area contributed by atoms with Crippen LogP contribution in [0.25, 0.3) is 0 Å². The molecule has 1 aromatic heterocycles. The zero-order valence-corrected chi connectivity index (χ0v) is 14.6. The monoisotopic (exact) mass is 435 g/mol. The van der Waals surface area contributed by atoms with Gasteiger partial charge in [0.15, 0.2) is 0 Å². The molecule has 0 aliphatic heterocycles. The minimum absolute atomic E-state index is 0.150. The van der Waals surface area contributed by atoms with E-state index in [1.165, 1.54) is 6.92 Å². The van der Waals surface area contributed by atoms with Gasteiger partial charge in [-0.3, -0.25) is 14.9 Å². The Bertz CT molecular complexity index is 874. The number of nitro benzene ring substituents is 1. The molecule has 1 heterocycles. The van der Waals surface area contributed by atoms with Crippen molar-refractivity contribution in [2.75, 3.05) is 0 Å². The Labute approximate surface area is 152 Å². The maximum atomic E-state index is 13.6. The number of halogens is 5. The summed E-state index contributed by atoms with van der Waals surface area (Å²) in [7, 11) is 0. The number of nitro groups is 1. The first-order chi connectivity index (χ1) is 12.0. The highest BCUT2D eigenvalue weighted by Crippen LogP contribution is 2.34. The van der Waals surface area contributed by atoms with E-state index in [0.29, 0.717) is 16.6 Å². The maximum absolute atomic E-state index is 13.6. The zero-order valence-electron chi connectivity index (χ0n) is 13.0. The summed E-state index contributed by atoms with van der Waals surface area (Å²) < 4.78 is 52.7. The number of benzene rings is 1. The number of nitrogens with one attached hydrogen (secondary N) is 1. The summed E-state index contributed by atoms with van der Waals surface area (Å²) in [5.41, 5.74) is -2.57. The largest absolute Gasteiger partial charge is 0.416 e. The van der Waals surface area contributed by atoms with Crippen molar-refractivity contribution in [2.24, 2.45) is 0 Å². The number of aromatic nitrogens is 1. The van der Waals surface area contributed by atoms with Crippen molar-refractivity contribution in [3.05, 3.63) is 67.7 Å². The molecule has 2 rings (SSSR count). The minimum atomic E-state index is -4.80. The first kappa shape index (κ1) is 19.8. The third-order valence-electron chi connectivity index (χ3n) is 3.38. The number of non-ortho nitro benzene ring substituents is 1. The number of alkyl halides is 3. The van der Waals surface area contributed by atoms with Gasteiger partial charge in [-0.25, -0.2) is 4.98 Å². The van der Waals surface area contributed by atoms with E-state index in [0.717, 1.165) is 18.3 Å². The summed E-state index contributed by atoms with van der Waals surface area (Å²) in [6.45, 7) is 1.32. The van der Waals surface area contributed by atoms with Gasteiger partial charge >= 0.3 is 6.18 Å². The highest BCUT2D eigenvalue weighted by Gasteiger charge is 2.33. The average Bonchev–Trinajstić information content (AvgIpc) is 2.55. The van der Waals surface area contributed by atoms with Gasteiger partial charge in [0.25, 0.3) is 11.6 Å². The zero-order chi connectivity index (χ0) is 19.6. The van der Waals surface area contributed by atoms with Gasteiger partial charge in [0.05, 0.1) is 22.1 Å². The number of hydrogen-bond acceptors (Lipinski definition) is 4. The van der Waals surface area contributed by atoms with Crippen molar-refractivity contribution in [3.63, 3.8) is 0 Å². The van der Waals surface area contributed by atoms with E-state index < -0.39 is 45.8 Å². The predicted molar refractivity (Wildman–Crippen MR) is 85.9 cm³/mol. The summed E-state index contributed by atoms with van der Waals surface area (Å²) in [6.07, 6.45) is -3.67. The molecule has 138 valence electrons. The molecule has 0 radical (unpaired) electrons. The van der Waals surface area contributed by atoms with Crippen LogP contribution in [0, 0.1) is 16.1 Å². The van der Waals surface area contributed by atoms with Crippen molar-refractivity contribution < 1.29 is 27.3 Å². The van der Waals surface area contributed by atoms with Crippen molar-refractivity contribution in [1.29, 1.82) is 0 Å². The summed E-state index contributed by atoms with van der Waals surface area (Å²) in [5, 5.41) is 13.2. The van der Waals surface area contributed by atoms with E-state index in [4.69, 9.17) is 0 Å². The van der Waals surface area contributed by atoms with Gasteiger partial charge in [0.1, 0.15) is 0 Å². The number of pyridine rings is 1. The number of amides is 1. The molecule has 0 fully saturated rings. The van der Waals surface area contributed by atoms with Crippen LogP contribution in [0.1, 0.15) is 34.5 Å². The smallest absolute Gasteiger partial charge is 0.345 e. The Morgan fingerprint density at radius 1 is 1.31 bits per heavy atom. The van der Waals surface area contributed by atoms with Crippen LogP contribution in [0.15, 0.2) is 34.9 Å². The van der Waals surface area contributed by atoms with Gasteiger partial charge in [0.2, 0.25) is 5.95 Å². The molecule has 0 saturated heterocycles. The van der Waals surface area contributed by atoms with Crippen LogP contribution in [-0.2, 0) is 6.18 Å². The maximum Gasteiger partial charge on any atom is 0.416 e. The summed E-state index contributed by atoms with van der Waals surface area (Å²) in [5.74, 6) is -1.99. The topological polar surface area (TPSA) is 85.1 Å². The van der Waals surface area contributed by atoms with E-state index in [1.54, 1.807) is 0 Å². The molecule has 0 spiro atoms. The lowest BCUT2D eigenvalue weighted by Crippen LogP contribution is -2.28. The Kier molecular flexibility index (Phi) is 5.59. The Morgan fingerprint density at radius 3 is 2.54 bits per heavy atom. The molecule has 11 heteroatoms. The number of carbonyl (C=O) groups is 1. The predicted octanol–water partition coefficient (Wildman–Crippen LogP) is 4.40. The Morgan fingerprint density at radius 2 is 1.96 bits per heavy atom. The van der Waals surface area contributed by atoms with E-state index in [9.17, 15) is 32.5 Å². The molecule has 0 bridgehead atoms. The molecule has 0 saturated carbocycles. The fourth-order valence-corrected chi connectivity index (χ4v) is 2.42. The molecule has 26 heavy (non-hydrogen) atoms. The lowest BCUT2D eigenvalue weighted by molar-refractivity contribution is -0.385. The lowest BCUT2D eigenvalue weighted by atomic mass is 10.0. The van der Waals surface area contributed by atoms with Crippen LogP contribution in [0.3, 0.4) is 0 Å². The molecule has 1 atom stereocenters. The molecule has 0 unspecified atom stereocenters. The first-order valence-electron chi connectivity index (χ1n) is 6.97. The van der Waals surface area contributed by atoms with Crippen LogP contribution < -0.4 is 5.32 Å². The Balaban J connectivity index is 2.35. The van der Waals surface area contributed by atoms with Crippen LogP contribution in [0.4, 0.5) is 23.2 Å². The molecule has 1 aromatic carbocycles. The summed E-state index contributed by atoms with van der Waals surface area (Å²) >= 11 is 3.02. The van der Waals surface area contributed by atoms with Gasteiger partial charge in [-0.2, -0.15) is 17.6 Å². The van der Waals surface area contributed by atoms with Gasteiger partial charge in [-0.1, -0.05) is 0 Å². The third kappa shape index (κ3) is 4.54. The second-order valence-electron chi connectivity index (χ2n) is 5.26. The van der Waals surface area contributed by atoms with Gasteiger partial charge in [0, 0.05) is 22.8 Å². The van der Waals surface area contributed by atoms with Crippen molar-refractivity contribution >= 4 is 27.5 Å². The third-order valence-corrected chi connectivity index (χ3v) is 3.81. The quantitative estimate of drug-likeness (QED) is 0.333. The average molecular weight is 436 g/mol.